The summed E-state index contributed by atoms with van der Waals surface area (Å²) in [6.45, 7) is 3.70. The van der Waals surface area contributed by atoms with E-state index in [1.807, 2.05) is 13.8 Å². The van der Waals surface area contributed by atoms with Crippen LogP contribution in [-0.4, -0.2) is 30.1 Å². The van der Waals surface area contributed by atoms with E-state index in [0.717, 1.165) is 6.29 Å². The second kappa shape index (κ2) is 3.68. The molecule has 0 radical (unpaired) electrons. The fourth-order valence-corrected chi connectivity index (χ4v) is 0.552. The van der Waals surface area contributed by atoms with Gasteiger partial charge in [0, 0.05) is 12.0 Å². The van der Waals surface area contributed by atoms with E-state index in [4.69, 9.17) is 0 Å². The predicted octanol–water partition coefficient (Wildman–Crippen LogP) is -0.0657. The molecular formula is C7H15NO2. The smallest absolute Gasteiger partial charge is 0.122 e. The van der Waals surface area contributed by atoms with Crippen molar-refractivity contribution in [1.29, 1.82) is 0 Å². The summed E-state index contributed by atoms with van der Waals surface area (Å²) < 4.78 is 0. The summed E-state index contributed by atoms with van der Waals surface area (Å²) >= 11 is 0. The van der Waals surface area contributed by atoms with Crippen LogP contribution in [0, 0.1) is 0 Å². The van der Waals surface area contributed by atoms with Crippen LogP contribution in [0.3, 0.4) is 0 Å². The molecule has 0 aromatic carbocycles. The van der Waals surface area contributed by atoms with Gasteiger partial charge < -0.3 is 15.2 Å². The van der Waals surface area contributed by atoms with Crippen LogP contribution in [0.5, 0.6) is 0 Å². The third-order valence-corrected chi connectivity index (χ3v) is 1.80. The predicted molar refractivity (Wildman–Crippen MR) is 39.8 cm³/mol. The van der Waals surface area contributed by atoms with E-state index in [0.29, 0.717) is 0 Å². The average molecular weight is 145 g/mol. The Hall–Kier alpha value is -0.410. The number of hydrogen-bond acceptors (Lipinski definition) is 3. The lowest BCUT2D eigenvalue weighted by atomic mass is 9.96. The van der Waals surface area contributed by atoms with Crippen LogP contribution in [0.2, 0.25) is 0 Å². The molecule has 0 saturated carbocycles. The highest BCUT2D eigenvalue weighted by molar-refractivity contribution is 5.50. The zero-order valence-electron chi connectivity index (χ0n) is 6.72. The molecular weight excluding hydrogens is 130 g/mol. The number of carbonyl (C=O) groups excluding carboxylic acids is 1. The largest absolute Gasteiger partial charge is 0.391 e. The van der Waals surface area contributed by atoms with Crippen molar-refractivity contribution in [3.05, 3.63) is 0 Å². The summed E-state index contributed by atoms with van der Waals surface area (Å²) in [7, 11) is 1.76. The lowest BCUT2D eigenvalue weighted by molar-refractivity contribution is -0.110. The molecule has 0 spiro atoms. The first kappa shape index (κ1) is 9.59. The molecule has 0 rings (SSSR count). The molecule has 3 heteroatoms. The summed E-state index contributed by atoms with van der Waals surface area (Å²) in [5.74, 6) is 0. The number of aliphatic hydroxyl groups excluding tert-OH is 1. The first-order chi connectivity index (χ1) is 4.54. The van der Waals surface area contributed by atoms with Gasteiger partial charge in [0.05, 0.1) is 6.10 Å². The highest BCUT2D eigenvalue weighted by atomic mass is 16.3. The van der Waals surface area contributed by atoms with E-state index in [2.05, 4.69) is 5.32 Å². The Morgan fingerprint density at radius 1 is 1.70 bits per heavy atom. The fourth-order valence-electron chi connectivity index (χ4n) is 0.552. The third kappa shape index (κ3) is 2.45. The molecule has 0 unspecified atom stereocenters. The third-order valence-electron chi connectivity index (χ3n) is 1.80. The van der Waals surface area contributed by atoms with E-state index < -0.39 is 6.10 Å². The Bertz CT molecular complexity index is 112. The zero-order chi connectivity index (χ0) is 8.20. The molecule has 1 atom stereocenters. The summed E-state index contributed by atoms with van der Waals surface area (Å²) in [6.07, 6.45) is 0.312. The molecule has 0 bridgehead atoms. The SMILES string of the molecule is CNC(C)(C)[C@@H](O)CC=O. The van der Waals surface area contributed by atoms with E-state index >= 15 is 0 Å². The molecule has 0 aliphatic carbocycles. The van der Waals surface area contributed by atoms with Gasteiger partial charge in [-0.1, -0.05) is 0 Å². The maximum absolute atomic E-state index is 9.99. The van der Waals surface area contributed by atoms with E-state index in [9.17, 15) is 9.90 Å². The topological polar surface area (TPSA) is 49.3 Å². The highest BCUT2D eigenvalue weighted by Crippen LogP contribution is 2.09. The van der Waals surface area contributed by atoms with Crippen LogP contribution >= 0.6 is 0 Å². The number of carbonyl (C=O) groups is 1. The van der Waals surface area contributed by atoms with Gasteiger partial charge in [-0.3, -0.25) is 0 Å². The quantitative estimate of drug-likeness (QED) is 0.545. The minimum Gasteiger partial charge on any atom is -0.391 e. The van der Waals surface area contributed by atoms with Gasteiger partial charge in [-0.2, -0.15) is 0 Å². The molecule has 0 amide bonds. The number of aldehydes is 1. The molecule has 10 heavy (non-hydrogen) atoms. The van der Waals surface area contributed by atoms with Crippen molar-refractivity contribution in [2.75, 3.05) is 7.05 Å². The van der Waals surface area contributed by atoms with E-state index in [-0.39, 0.29) is 12.0 Å². The van der Waals surface area contributed by atoms with Crippen molar-refractivity contribution in [2.24, 2.45) is 0 Å². The van der Waals surface area contributed by atoms with E-state index in [1.54, 1.807) is 7.05 Å². The highest BCUT2D eigenvalue weighted by Gasteiger charge is 2.24. The molecule has 2 N–H and O–H groups in total. The van der Waals surface area contributed by atoms with Gasteiger partial charge in [-0.05, 0) is 20.9 Å². The van der Waals surface area contributed by atoms with Crippen molar-refractivity contribution in [1.82, 2.24) is 5.32 Å². The van der Waals surface area contributed by atoms with Crippen molar-refractivity contribution < 1.29 is 9.90 Å². The molecule has 0 heterocycles. The molecule has 0 aliphatic heterocycles. The second-order valence-electron chi connectivity index (χ2n) is 2.89. The van der Waals surface area contributed by atoms with Gasteiger partial charge in [0.1, 0.15) is 6.29 Å². The molecule has 60 valence electrons. The molecule has 0 aromatic rings. The Kier molecular flexibility index (Phi) is 3.53. The summed E-state index contributed by atoms with van der Waals surface area (Å²) in [4.78, 5) is 9.99. The zero-order valence-corrected chi connectivity index (χ0v) is 6.72. The molecule has 3 nitrogen and oxygen atoms in total. The van der Waals surface area contributed by atoms with Crippen molar-refractivity contribution in [3.8, 4) is 0 Å². The van der Waals surface area contributed by atoms with Gasteiger partial charge >= 0.3 is 0 Å². The summed E-state index contributed by atoms with van der Waals surface area (Å²) in [5.41, 5.74) is -0.374. The van der Waals surface area contributed by atoms with Crippen LogP contribution in [0.25, 0.3) is 0 Å². The summed E-state index contributed by atoms with van der Waals surface area (Å²) in [6, 6.07) is 0. The van der Waals surface area contributed by atoms with E-state index in [1.165, 1.54) is 0 Å². The number of aliphatic hydroxyl groups is 1. The maximum atomic E-state index is 9.99. The maximum Gasteiger partial charge on any atom is 0.122 e. The monoisotopic (exact) mass is 145 g/mol. The standard InChI is InChI=1S/C7H15NO2/c1-7(2,8-3)6(10)4-5-9/h5-6,8,10H,4H2,1-3H3/t6-/m0/s1. The van der Waals surface area contributed by atoms with Crippen LogP contribution in [0.1, 0.15) is 20.3 Å². The normalized spacial score (nSPS) is 14.8. The Morgan fingerprint density at radius 2 is 2.20 bits per heavy atom. The lowest BCUT2D eigenvalue weighted by Crippen LogP contribution is -2.47. The Balaban J connectivity index is 3.89. The van der Waals surface area contributed by atoms with Crippen molar-refractivity contribution in [3.63, 3.8) is 0 Å². The Morgan fingerprint density at radius 3 is 2.50 bits per heavy atom. The van der Waals surface area contributed by atoms with Crippen molar-refractivity contribution in [2.45, 2.75) is 31.9 Å². The van der Waals surface area contributed by atoms with Crippen LogP contribution < -0.4 is 5.32 Å². The number of nitrogens with one attached hydrogen (secondary N) is 1. The minimum absolute atomic E-state index is 0.188. The first-order valence-electron chi connectivity index (χ1n) is 3.35. The number of hydrogen-bond donors (Lipinski definition) is 2. The minimum atomic E-state index is -0.602. The second-order valence-corrected chi connectivity index (χ2v) is 2.89. The Labute approximate surface area is 61.4 Å². The van der Waals surface area contributed by atoms with Crippen LogP contribution in [0.15, 0.2) is 0 Å². The first-order valence-corrected chi connectivity index (χ1v) is 3.35. The molecule has 0 saturated heterocycles. The van der Waals surface area contributed by atoms with Crippen molar-refractivity contribution >= 4 is 6.29 Å². The average Bonchev–Trinajstić information content (AvgIpc) is 1.89. The molecule has 0 aliphatic rings. The summed E-state index contributed by atoms with van der Waals surface area (Å²) in [5, 5.41) is 12.2. The van der Waals surface area contributed by atoms with Gasteiger partial charge in [-0.15, -0.1) is 0 Å². The lowest BCUT2D eigenvalue weighted by Gasteiger charge is -2.28. The number of rotatable bonds is 4. The number of likely N-dealkylation sites (N-methyl/N-ethyl adjacent to an activating group) is 1. The van der Waals surface area contributed by atoms with Crippen LogP contribution in [0.4, 0.5) is 0 Å². The fraction of sp³-hybridized carbons (Fsp3) is 0.857. The van der Waals surface area contributed by atoms with Gasteiger partial charge in [0.25, 0.3) is 0 Å². The van der Waals surface area contributed by atoms with Gasteiger partial charge in [0.2, 0.25) is 0 Å². The van der Waals surface area contributed by atoms with Crippen LogP contribution in [-0.2, 0) is 4.79 Å². The van der Waals surface area contributed by atoms with Gasteiger partial charge in [0.15, 0.2) is 0 Å². The van der Waals surface area contributed by atoms with Gasteiger partial charge in [-0.25, -0.2) is 0 Å². The molecule has 0 aromatic heterocycles. The molecule has 0 fully saturated rings.